The molecule has 6 heteroatoms. The molecule has 0 radical (unpaired) electrons. The van der Waals surface area contributed by atoms with Crippen LogP contribution in [0.2, 0.25) is 0 Å². The van der Waals surface area contributed by atoms with Crippen molar-refractivity contribution < 1.29 is 4.79 Å². The highest BCUT2D eigenvalue weighted by Crippen LogP contribution is 2.32. The summed E-state index contributed by atoms with van der Waals surface area (Å²) < 4.78 is 3.79. The smallest absolute Gasteiger partial charge is 0.257 e. The van der Waals surface area contributed by atoms with E-state index in [-0.39, 0.29) is 5.91 Å². The average molecular weight is 412 g/mol. The molecule has 0 atom stereocenters. The molecule has 2 aromatic heterocycles. The van der Waals surface area contributed by atoms with Gasteiger partial charge in [0, 0.05) is 30.6 Å². The van der Waals surface area contributed by atoms with Crippen LogP contribution in [0.3, 0.4) is 0 Å². The second kappa shape index (κ2) is 7.87. The Morgan fingerprint density at radius 3 is 2.77 bits per heavy atom. The van der Waals surface area contributed by atoms with Gasteiger partial charge >= 0.3 is 0 Å². The molecule has 0 unspecified atom stereocenters. The molecule has 0 bridgehead atoms. The molecule has 0 saturated carbocycles. The molecule has 6 nitrogen and oxygen atoms in total. The minimum atomic E-state index is -0.173. The van der Waals surface area contributed by atoms with Gasteiger partial charge in [0.25, 0.3) is 5.91 Å². The lowest BCUT2D eigenvalue weighted by Crippen LogP contribution is -2.15. The molecule has 0 fully saturated rings. The quantitative estimate of drug-likeness (QED) is 0.530. The fraction of sp³-hybridized carbons (Fsp3) is 0.240. The molecule has 5 rings (SSSR count). The number of benzene rings is 2. The molecule has 4 aromatic rings. The summed E-state index contributed by atoms with van der Waals surface area (Å²) in [7, 11) is 1.94. The second-order valence-corrected chi connectivity index (χ2v) is 8.17. The van der Waals surface area contributed by atoms with Crippen molar-refractivity contribution in [1.29, 1.82) is 0 Å². The first kappa shape index (κ1) is 19.3. The molecule has 0 spiro atoms. The highest BCUT2D eigenvalue weighted by molar-refractivity contribution is 6.03. The lowest BCUT2D eigenvalue weighted by Gasteiger charge is -2.12. The Bertz CT molecular complexity index is 1250. The number of aromatic nitrogens is 4. The first-order valence-electron chi connectivity index (χ1n) is 10.6. The minimum Gasteiger partial charge on any atom is -0.313 e. The summed E-state index contributed by atoms with van der Waals surface area (Å²) in [6, 6.07) is 14.1. The first-order chi connectivity index (χ1) is 15.1. The normalized spacial score (nSPS) is 12.7. The van der Waals surface area contributed by atoms with Gasteiger partial charge in [-0.15, -0.1) is 0 Å². The monoisotopic (exact) mass is 411 g/mol. The van der Waals surface area contributed by atoms with E-state index >= 15 is 0 Å². The van der Waals surface area contributed by atoms with Crippen molar-refractivity contribution in [3.05, 3.63) is 88.9 Å². The summed E-state index contributed by atoms with van der Waals surface area (Å²) in [5, 5.41) is 7.19. The minimum absolute atomic E-state index is 0.173. The van der Waals surface area contributed by atoms with E-state index in [0.29, 0.717) is 18.1 Å². The van der Waals surface area contributed by atoms with Crippen molar-refractivity contribution in [3.63, 3.8) is 0 Å². The van der Waals surface area contributed by atoms with Gasteiger partial charge in [0.2, 0.25) is 5.95 Å². The standard InChI is InChI=1S/C25H25N5O/c1-17-12-19-7-4-8-20(19)14-22(17)23-15-26-25(29(23)2)28-24(31)21-9-3-6-18(13-21)16-30-11-5-10-27-30/h3,5-6,9-15H,4,7-8,16H2,1-2H3,(H,26,28,31). The van der Waals surface area contributed by atoms with Gasteiger partial charge in [-0.1, -0.05) is 18.2 Å². The molecule has 2 aromatic carbocycles. The summed E-state index contributed by atoms with van der Waals surface area (Å²) in [6.45, 7) is 2.77. The van der Waals surface area contributed by atoms with Gasteiger partial charge in [-0.05, 0) is 72.7 Å². The molecule has 2 heterocycles. The van der Waals surface area contributed by atoms with E-state index in [1.165, 1.54) is 35.1 Å². The number of hydrogen-bond acceptors (Lipinski definition) is 3. The van der Waals surface area contributed by atoms with Gasteiger partial charge < -0.3 is 4.57 Å². The maximum atomic E-state index is 12.9. The van der Waals surface area contributed by atoms with Crippen LogP contribution in [0, 0.1) is 6.92 Å². The Morgan fingerprint density at radius 2 is 1.97 bits per heavy atom. The molecule has 0 saturated heterocycles. The van der Waals surface area contributed by atoms with Crippen LogP contribution in [-0.4, -0.2) is 25.2 Å². The summed E-state index contributed by atoms with van der Waals surface area (Å²) >= 11 is 0. The number of amides is 1. The summed E-state index contributed by atoms with van der Waals surface area (Å²) in [5.41, 5.74) is 7.95. The maximum Gasteiger partial charge on any atom is 0.257 e. The molecule has 1 N–H and O–H groups in total. The lowest BCUT2D eigenvalue weighted by atomic mass is 9.99. The largest absolute Gasteiger partial charge is 0.313 e. The van der Waals surface area contributed by atoms with Gasteiger partial charge in [0.05, 0.1) is 18.4 Å². The van der Waals surface area contributed by atoms with Crippen LogP contribution < -0.4 is 5.32 Å². The van der Waals surface area contributed by atoms with Crippen molar-refractivity contribution in [3.8, 4) is 11.3 Å². The van der Waals surface area contributed by atoms with Crippen molar-refractivity contribution in [2.24, 2.45) is 7.05 Å². The number of carbonyl (C=O) groups excluding carboxylic acids is 1. The number of nitrogens with one attached hydrogen (secondary N) is 1. The van der Waals surface area contributed by atoms with Crippen LogP contribution in [0.5, 0.6) is 0 Å². The predicted molar refractivity (Wildman–Crippen MR) is 121 cm³/mol. The Morgan fingerprint density at radius 1 is 1.13 bits per heavy atom. The van der Waals surface area contributed by atoms with Crippen LogP contribution in [0.25, 0.3) is 11.3 Å². The van der Waals surface area contributed by atoms with Gasteiger partial charge in [0.15, 0.2) is 0 Å². The topological polar surface area (TPSA) is 64.7 Å². The number of hydrogen-bond donors (Lipinski definition) is 1. The van der Waals surface area contributed by atoms with Crippen molar-refractivity contribution in [2.75, 3.05) is 5.32 Å². The van der Waals surface area contributed by atoms with E-state index in [1.54, 1.807) is 6.20 Å². The van der Waals surface area contributed by atoms with Crippen molar-refractivity contribution in [1.82, 2.24) is 19.3 Å². The number of fused-ring (bicyclic) bond motifs is 1. The summed E-state index contributed by atoms with van der Waals surface area (Å²) in [4.78, 5) is 17.4. The highest BCUT2D eigenvalue weighted by atomic mass is 16.1. The molecule has 156 valence electrons. The molecule has 1 aliphatic carbocycles. The zero-order valence-corrected chi connectivity index (χ0v) is 17.8. The maximum absolute atomic E-state index is 12.9. The van der Waals surface area contributed by atoms with E-state index in [4.69, 9.17) is 0 Å². The lowest BCUT2D eigenvalue weighted by molar-refractivity contribution is 0.102. The highest BCUT2D eigenvalue weighted by Gasteiger charge is 2.18. The Labute approximate surface area is 181 Å². The van der Waals surface area contributed by atoms with E-state index in [0.717, 1.165) is 17.7 Å². The van der Waals surface area contributed by atoms with E-state index in [2.05, 4.69) is 34.5 Å². The number of rotatable bonds is 5. The Kier molecular flexibility index (Phi) is 4.90. The molecule has 1 amide bonds. The molecule has 1 aliphatic rings. The predicted octanol–water partition coefficient (Wildman–Crippen LogP) is 4.38. The third-order valence-corrected chi connectivity index (χ3v) is 6.02. The van der Waals surface area contributed by atoms with Gasteiger partial charge in [-0.3, -0.25) is 14.8 Å². The summed E-state index contributed by atoms with van der Waals surface area (Å²) in [5.74, 6) is 0.366. The third kappa shape index (κ3) is 3.77. The summed E-state index contributed by atoms with van der Waals surface area (Å²) in [6.07, 6.45) is 9.03. The molecule has 31 heavy (non-hydrogen) atoms. The van der Waals surface area contributed by atoms with Crippen LogP contribution in [0.15, 0.2) is 61.1 Å². The van der Waals surface area contributed by atoms with Gasteiger partial charge in [-0.2, -0.15) is 5.10 Å². The number of imidazole rings is 1. The van der Waals surface area contributed by atoms with Gasteiger partial charge in [-0.25, -0.2) is 4.98 Å². The van der Waals surface area contributed by atoms with E-state index in [9.17, 15) is 4.79 Å². The molecular formula is C25H25N5O. The van der Waals surface area contributed by atoms with Crippen LogP contribution >= 0.6 is 0 Å². The number of aryl methyl sites for hydroxylation is 3. The molecular weight excluding hydrogens is 386 g/mol. The van der Waals surface area contributed by atoms with Gasteiger partial charge in [0.1, 0.15) is 0 Å². The van der Waals surface area contributed by atoms with Crippen LogP contribution in [0.1, 0.15) is 39.0 Å². The second-order valence-electron chi connectivity index (χ2n) is 8.17. The van der Waals surface area contributed by atoms with E-state index in [1.807, 2.05) is 59.0 Å². The van der Waals surface area contributed by atoms with Crippen LogP contribution in [0.4, 0.5) is 5.95 Å². The van der Waals surface area contributed by atoms with Crippen molar-refractivity contribution >= 4 is 11.9 Å². The average Bonchev–Trinajstić information content (AvgIpc) is 3.50. The Balaban J connectivity index is 1.37. The van der Waals surface area contributed by atoms with E-state index < -0.39 is 0 Å². The number of anilines is 1. The number of carbonyl (C=O) groups is 1. The Hall–Kier alpha value is -3.67. The first-order valence-corrected chi connectivity index (χ1v) is 10.6. The third-order valence-electron chi connectivity index (χ3n) is 6.02. The van der Waals surface area contributed by atoms with Crippen molar-refractivity contribution in [2.45, 2.75) is 32.7 Å². The zero-order valence-electron chi connectivity index (χ0n) is 17.8. The fourth-order valence-electron chi connectivity index (χ4n) is 4.36. The SMILES string of the molecule is Cc1cc2c(cc1-c1cnc(NC(=O)c3cccc(Cn4cccn4)c3)n1C)CCC2. The fourth-order valence-corrected chi connectivity index (χ4v) is 4.36. The number of nitrogens with zero attached hydrogens (tertiary/aromatic N) is 4. The zero-order chi connectivity index (χ0) is 21.4. The molecule has 0 aliphatic heterocycles. The van der Waals surface area contributed by atoms with Crippen LogP contribution in [-0.2, 0) is 26.4 Å².